The predicted octanol–water partition coefficient (Wildman–Crippen LogP) is 1.46. The van der Waals surface area contributed by atoms with Crippen LogP contribution in [0, 0.1) is 0 Å². The van der Waals surface area contributed by atoms with Crippen LogP contribution in [0.25, 0.3) is 0 Å². The summed E-state index contributed by atoms with van der Waals surface area (Å²) in [5.41, 5.74) is 1.79. The average Bonchev–Trinajstić information content (AvgIpc) is 3.10. The second-order valence-corrected chi connectivity index (χ2v) is 6.54. The molecule has 0 bridgehead atoms. The number of amides is 1. The predicted molar refractivity (Wildman–Crippen MR) is 96.4 cm³/mol. The largest absolute Gasteiger partial charge is 0.392 e. The Labute approximate surface area is 148 Å². The number of pyridine rings is 1. The zero-order valence-corrected chi connectivity index (χ0v) is 14.7. The van der Waals surface area contributed by atoms with Gasteiger partial charge >= 0.3 is 0 Å². The normalized spacial score (nSPS) is 16.8. The van der Waals surface area contributed by atoms with E-state index in [0.717, 1.165) is 25.1 Å². The smallest absolute Gasteiger partial charge is 0.270 e. The molecule has 2 aromatic rings. The van der Waals surface area contributed by atoms with Crippen molar-refractivity contribution in [3.63, 3.8) is 0 Å². The van der Waals surface area contributed by atoms with Crippen LogP contribution in [0.3, 0.4) is 0 Å². The summed E-state index contributed by atoms with van der Waals surface area (Å²) >= 11 is 0. The minimum Gasteiger partial charge on any atom is -0.392 e. The Morgan fingerprint density at radius 2 is 2.04 bits per heavy atom. The van der Waals surface area contributed by atoms with Crippen molar-refractivity contribution < 1.29 is 9.90 Å². The zero-order valence-electron chi connectivity index (χ0n) is 14.7. The molecule has 6 heteroatoms. The molecule has 1 aliphatic rings. The number of hydrogen-bond donors (Lipinski definition) is 1. The van der Waals surface area contributed by atoms with Crippen LogP contribution < -0.4 is 0 Å². The van der Waals surface area contributed by atoms with Crippen molar-refractivity contribution in [2.45, 2.75) is 26.0 Å². The highest BCUT2D eigenvalue weighted by Gasteiger charge is 2.24. The lowest BCUT2D eigenvalue weighted by atomic mass is 10.2. The molecule has 1 aliphatic heterocycles. The number of nitrogens with zero attached hydrogens (tertiary/aromatic N) is 4. The molecule has 25 heavy (non-hydrogen) atoms. The van der Waals surface area contributed by atoms with Gasteiger partial charge in [-0.3, -0.25) is 14.7 Å². The van der Waals surface area contributed by atoms with Crippen molar-refractivity contribution in [1.29, 1.82) is 0 Å². The first-order chi connectivity index (χ1) is 12.2. The summed E-state index contributed by atoms with van der Waals surface area (Å²) in [7, 11) is 0. The maximum Gasteiger partial charge on any atom is 0.270 e. The Bertz CT molecular complexity index is 678. The van der Waals surface area contributed by atoms with Gasteiger partial charge in [0.05, 0.1) is 6.10 Å². The third kappa shape index (κ3) is 4.46. The van der Waals surface area contributed by atoms with E-state index in [-0.39, 0.29) is 12.0 Å². The zero-order chi connectivity index (χ0) is 17.6. The first kappa shape index (κ1) is 17.6. The standard InChI is InChI=1S/C19H26N4O2/c1-2-17(24)15-21-9-11-22(12-10-21)19(25)18-6-4-8-23(18)14-16-5-3-7-20-13-16/h3-8,13,17,24H,2,9-12,14-15H2,1H3. The lowest BCUT2D eigenvalue weighted by Gasteiger charge is -2.35. The Morgan fingerprint density at radius 1 is 1.24 bits per heavy atom. The molecule has 0 aliphatic carbocycles. The summed E-state index contributed by atoms with van der Waals surface area (Å²) in [5.74, 6) is 0.0737. The number of piperazine rings is 1. The minimum absolute atomic E-state index is 0.0737. The number of aliphatic hydroxyl groups is 1. The van der Waals surface area contributed by atoms with Gasteiger partial charge in [0.2, 0.25) is 0 Å². The molecule has 0 saturated carbocycles. The van der Waals surface area contributed by atoms with Gasteiger partial charge in [-0.1, -0.05) is 13.0 Å². The molecule has 134 valence electrons. The van der Waals surface area contributed by atoms with Gasteiger partial charge in [0.25, 0.3) is 5.91 Å². The second-order valence-electron chi connectivity index (χ2n) is 6.54. The molecule has 1 saturated heterocycles. The van der Waals surface area contributed by atoms with E-state index in [1.54, 1.807) is 6.20 Å². The van der Waals surface area contributed by atoms with Crippen molar-refractivity contribution in [3.05, 3.63) is 54.1 Å². The van der Waals surface area contributed by atoms with Crippen molar-refractivity contribution in [3.8, 4) is 0 Å². The summed E-state index contributed by atoms with van der Waals surface area (Å²) < 4.78 is 1.98. The molecule has 3 heterocycles. The molecule has 1 amide bonds. The fourth-order valence-electron chi connectivity index (χ4n) is 3.16. The van der Waals surface area contributed by atoms with Crippen molar-refractivity contribution in [1.82, 2.24) is 19.4 Å². The molecule has 3 rings (SSSR count). The van der Waals surface area contributed by atoms with Gasteiger partial charge < -0.3 is 14.6 Å². The molecule has 1 atom stereocenters. The van der Waals surface area contributed by atoms with E-state index in [1.807, 2.05) is 53.0 Å². The van der Waals surface area contributed by atoms with E-state index in [9.17, 15) is 9.90 Å². The fourth-order valence-corrected chi connectivity index (χ4v) is 3.16. The highest BCUT2D eigenvalue weighted by molar-refractivity contribution is 5.92. The highest BCUT2D eigenvalue weighted by Crippen LogP contribution is 2.12. The number of hydrogen-bond acceptors (Lipinski definition) is 4. The van der Waals surface area contributed by atoms with Crippen LogP contribution in [0.4, 0.5) is 0 Å². The maximum atomic E-state index is 12.9. The van der Waals surface area contributed by atoms with Gasteiger partial charge in [-0.25, -0.2) is 0 Å². The Hall–Kier alpha value is -2.18. The number of carbonyl (C=O) groups excluding carboxylic acids is 1. The molecule has 0 aromatic carbocycles. The van der Waals surface area contributed by atoms with Crippen molar-refractivity contribution >= 4 is 5.91 Å². The molecule has 1 unspecified atom stereocenters. The lowest BCUT2D eigenvalue weighted by molar-refractivity contribution is 0.0516. The van der Waals surface area contributed by atoms with E-state index < -0.39 is 0 Å². The molecule has 0 radical (unpaired) electrons. The SMILES string of the molecule is CCC(O)CN1CCN(C(=O)c2cccn2Cc2cccnc2)CC1. The van der Waals surface area contributed by atoms with E-state index in [0.29, 0.717) is 31.9 Å². The minimum atomic E-state index is -0.279. The van der Waals surface area contributed by atoms with Crippen LogP contribution in [0.15, 0.2) is 42.9 Å². The summed E-state index contributed by atoms with van der Waals surface area (Å²) in [6, 6.07) is 7.71. The second kappa shape index (κ2) is 8.27. The summed E-state index contributed by atoms with van der Waals surface area (Å²) in [6.07, 6.45) is 6.00. The van der Waals surface area contributed by atoms with Gasteiger partial charge in [-0.05, 0) is 30.2 Å². The Kier molecular flexibility index (Phi) is 5.83. The molecular weight excluding hydrogens is 316 g/mol. The van der Waals surface area contributed by atoms with Crippen LogP contribution in [-0.4, -0.2) is 69.2 Å². The third-order valence-electron chi connectivity index (χ3n) is 4.72. The number of carbonyl (C=O) groups is 1. The van der Waals surface area contributed by atoms with E-state index in [4.69, 9.17) is 0 Å². The summed E-state index contributed by atoms with van der Waals surface area (Å²) in [5, 5.41) is 9.78. The van der Waals surface area contributed by atoms with Crippen molar-refractivity contribution in [2.24, 2.45) is 0 Å². The van der Waals surface area contributed by atoms with Crippen molar-refractivity contribution in [2.75, 3.05) is 32.7 Å². The van der Waals surface area contributed by atoms with E-state index in [1.165, 1.54) is 0 Å². The number of aromatic nitrogens is 2. The van der Waals surface area contributed by atoms with Gasteiger partial charge in [-0.2, -0.15) is 0 Å². The molecule has 0 spiro atoms. The molecule has 2 aromatic heterocycles. The fraction of sp³-hybridized carbons (Fsp3) is 0.474. The van der Waals surface area contributed by atoms with Gasteiger partial charge in [-0.15, -0.1) is 0 Å². The topological polar surface area (TPSA) is 61.6 Å². The Morgan fingerprint density at radius 3 is 2.72 bits per heavy atom. The third-order valence-corrected chi connectivity index (χ3v) is 4.72. The number of β-amino-alcohol motifs (C(OH)–C–C–N with tert-alkyl or cyclic N) is 1. The van der Waals surface area contributed by atoms with Gasteiger partial charge in [0.1, 0.15) is 5.69 Å². The number of aliphatic hydroxyl groups excluding tert-OH is 1. The lowest BCUT2D eigenvalue weighted by Crippen LogP contribution is -2.50. The van der Waals surface area contributed by atoms with Gasteiger partial charge in [0, 0.05) is 57.9 Å². The monoisotopic (exact) mass is 342 g/mol. The molecule has 1 fully saturated rings. The molecule has 1 N–H and O–H groups in total. The number of rotatable bonds is 6. The summed E-state index contributed by atoms with van der Waals surface area (Å²) in [4.78, 5) is 21.1. The van der Waals surface area contributed by atoms with Gasteiger partial charge in [0.15, 0.2) is 0 Å². The molecule has 6 nitrogen and oxygen atoms in total. The average molecular weight is 342 g/mol. The highest BCUT2D eigenvalue weighted by atomic mass is 16.3. The van der Waals surface area contributed by atoms with Crippen LogP contribution in [0.1, 0.15) is 29.4 Å². The van der Waals surface area contributed by atoms with Crippen LogP contribution in [0.5, 0.6) is 0 Å². The quantitative estimate of drug-likeness (QED) is 0.863. The first-order valence-corrected chi connectivity index (χ1v) is 8.91. The Balaban J connectivity index is 1.60. The first-order valence-electron chi connectivity index (χ1n) is 8.91. The van der Waals surface area contributed by atoms with E-state index in [2.05, 4.69) is 9.88 Å². The molecular formula is C19H26N4O2. The van der Waals surface area contributed by atoms with Crippen LogP contribution in [-0.2, 0) is 6.54 Å². The summed E-state index contributed by atoms with van der Waals surface area (Å²) in [6.45, 7) is 6.35. The van der Waals surface area contributed by atoms with E-state index >= 15 is 0 Å². The van der Waals surface area contributed by atoms with Crippen LogP contribution in [0.2, 0.25) is 0 Å². The van der Waals surface area contributed by atoms with Crippen LogP contribution >= 0.6 is 0 Å². The maximum absolute atomic E-state index is 12.9.